The second-order valence-electron chi connectivity index (χ2n) is 4.31. The van der Waals surface area contributed by atoms with Crippen LogP contribution in [0.1, 0.15) is 19.8 Å². The van der Waals surface area contributed by atoms with Gasteiger partial charge in [0.2, 0.25) is 11.8 Å². The van der Waals surface area contributed by atoms with E-state index in [9.17, 15) is 9.59 Å². The van der Waals surface area contributed by atoms with Crippen molar-refractivity contribution in [3.63, 3.8) is 0 Å². The number of hydrogen-bond acceptors (Lipinski definition) is 4. The minimum Gasteiger partial charge on any atom is -0.377 e. The van der Waals surface area contributed by atoms with Gasteiger partial charge in [0, 0.05) is 26.1 Å². The average molecular weight is 243 g/mol. The monoisotopic (exact) mass is 243 g/mol. The van der Waals surface area contributed by atoms with Gasteiger partial charge in [0.1, 0.15) is 6.04 Å². The number of morpholine rings is 1. The van der Waals surface area contributed by atoms with Crippen LogP contribution in [0.2, 0.25) is 0 Å². The third kappa shape index (κ3) is 3.98. The van der Waals surface area contributed by atoms with E-state index in [1.165, 1.54) is 0 Å². The number of rotatable bonds is 4. The molecule has 1 rings (SSSR count). The molecule has 1 fully saturated rings. The SMILES string of the molecule is CNC(=O)C1COCCN1C(=O)CCC(C)N. The van der Waals surface area contributed by atoms with E-state index in [1.807, 2.05) is 6.92 Å². The molecule has 2 unspecified atom stereocenters. The van der Waals surface area contributed by atoms with E-state index in [0.717, 1.165) is 0 Å². The molecule has 0 aromatic rings. The second-order valence-corrected chi connectivity index (χ2v) is 4.31. The summed E-state index contributed by atoms with van der Waals surface area (Å²) in [6.07, 6.45) is 1.02. The van der Waals surface area contributed by atoms with Gasteiger partial charge in [-0.1, -0.05) is 0 Å². The van der Waals surface area contributed by atoms with Crippen molar-refractivity contribution in [2.24, 2.45) is 5.73 Å². The van der Waals surface area contributed by atoms with Gasteiger partial charge in [-0.2, -0.15) is 0 Å². The average Bonchev–Trinajstić information content (AvgIpc) is 2.34. The number of nitrogens with two attached hydrogens (primary N) is 1. The van der Waals surface area contributed by atoms with Gasteiger partial charge in [0.25, 0.3) is 0 Å². The first-order valence-corrected chi connectivity index (χ1v) is 5.90. The molecule has 0 radical (unpaired) electrons. The van der Waals surface area contributed by atoms with Gasteiger partial charge in [0.05, 0.1) is 13.2 Å². The van der Waals surface area contributed by atoms with E-state index in [1.54, 1.807) is 11.9 Å². The van der Waals surface area contributed by atoms with E-state index in [-0.39, 0.29) is 24.5 Å². The Morgan fingerprint density at radius 3 is 2.88 bits per heavy atom. The molecule has 98 valence electrons. The van der Waals surface area contributed by atoms with E-state index < -0.39 is 6.04 Å². The first-order valence-electron chi connectivity index (χ1n) is 5.90. The van der Waals surface area contributed by atoms with Gasteiger partial charge in [-0.05, 0) is 13.3 Å². The fourth-order valence-electron chi connectivity index (χ4n) is 1.78. The summed E-state index contributed by atoms with van der Waals surface area (Å²) in [6.45, 7) is 3.08. The van der Waals surface area contributed by atoms with Crippen LogP contribution in [-0.2, 0) is 14.3 Å². The van der Waals surface area contributed by atoms with E-state index >= 15 is 0 Å². The maximum Gasteiger partial charge on any atom is 0.244 e. The lowest BCUT2D eigenvalue weighted by atomic mass is 10.1. The maximum absolute atomic E-state index is 12.0. The number of ether oxygens (including phenoxy) is 1. The molecular formula is C11H21N3O3. The lowest BCUT2D eigenvalue weighted by molar-refractivity contribution is -0.148. The summed E-state index contributed by atoms with van der Waals surface area (Å²) in [5.41, 5.74) is 5.62. The van der Waals surface area contributed by atoms with Crippen molar-refractivity contribution in [3.05, 3.63) is 0 Å². The van der Waals surface area contributed by atoms with Crippen LogP contribution < -0.4 is 11.1 Å². The van der Waals surface area contributed by atoms with Crippen molar-refractivity contribution in [2.75, 3.05) is 26.8 Å². The summed E-state index contributed by atoms with van der Waals surface area (Å²) in [5.74, 6) is -0.210. The fourth-order valence-corrected chi connectivity index (χ4v) is 1.78. The number of carbonyl (C=O) groups is 2. The van der Waals surface area contributed by atoms with Crippen LogP contribution in [0.15, 0.2) is 0 Å². The predicted molar refractivity (Wildman–Crippen MR) is 63.3 cm³/mol. The van der Waals surface area contributed by atoms with E-state index in [0.29, 0.717) is 26.0 Å². The van der Waals surface area contributed by atoms with Crippen LogP contribution >= 0.6 is 0 Å². The van der Waals surface area contributed by atoms with E-state index in [4.69, 9.17) is 10.5 Å². The van der Waals surface area contributed by atoms with Crippen LogP contribution in [0.25, 0.3) is 0 Å². The molecule has 0 bridgehead atoms. The zero-order valence-corrected chi connectivity index (χ0v) is 10.4. The molecule has 6 heteroatoms. The molecule has 0 spiro atoms. The predicted octanol–water partition coefficient (Wildman–Crippen LogP) is -0.913. The number of amides is 2. The topological polar surface area (TPSA) is 84.7 Å². The number of nitrogens with zero attached hydrogens (tertiary/aromatic N) is 1. The third-order valence-electron chi connectivity index (χ3n) is 2.81. The zero-order chi connectivity index (χ0) is 12.8. The van der Waals surface area contributed by atoms with Crippen molar-refractivity contribution in [1.82, 2.24) is 10.2 Å². The largest absolute Gasteiger partial charge is 0.377 e. The van der Waals surface area contributed by atoms with Crippen molar-refractivity contribution in [1.29, 1.82) is 0 Å². The molecule has 1 aliphatic heterocycles. The van der Waals surface area contributed by atoms with Gasteiger partial charge in [-0.3, -0.25) is 9.59 Å². The summed E-state index contributed by atoms with van der Waals surface area (Å²) in [6, 6.07) is -0.507. The van der Waals surface area contributed by atoms with Gasteiger partial charge in [-0.25, -0.2) is 0 Å². The van der Waals surface area contributed by atoms with Crippen molar-refractivity contribution in [2.45, 2.75) is 31.8 Å². The van der Waals surface area contributed by atoms with Crippen LogP contribution in [0, 0.1) is 0 Å². The standard InChI is InChI=1S/C11H21N3O3/c1-8(12)3-4-10(15)14-5-6-17-7-9(14)11(16)13-2/h8-9H,3-7,12H2,1-2H3,(H,13,16). The van der Waals surface area contributed by atoms with Gasteiger partial charge in [-0.15, -0.1) is 0 Å². The Morgan fingerprint density at radius 1 is 1.59 bits per heavy atom. The van der Waals surface area contributed by atoms with Gasteiger partial charge >= 0.3 is 0 Å². The number of carbonyl (C=O) groups excluding carboxylic acids is 2. The molecule has 3 N–H and O–H groups in total. The molecule has 6 nitrogen and oxygen atoms in total. The van der Waals surface area contributed by atoms with Crippen LogP contribution in [0.3, 0.4) is 0 Å². The molecule has 1 aliphatic rings. The smallest absolute Gasteiger partial charge is 0.244 e. The molecular weight excluding hydrogens is 222 g/mol. The number of likely N-dealkylation sites (N-methyl/N-ethyl adjacent to an activating group) is 1. The zero-order valence-electron chi connectivity index (χ0n) is 10.4. The molecule has 0 aliphatic carbocycles. The Hall–Kier alpha value is -1.14. The van der Waals surface area contributed by atoms with Crippen molar-refractivity contribution < 1.29 is 14.3 Å². The molecule has 0 aromatic heterocycles. The van der Waals surface area contributed by atoms with Gasteiger partial charge < -0.3 is 20.7 Å². The molecule has 1 saturated heterocycles. The number of nitrogens with one attached hydrogen (secondary N) is 1. The maximum atomic E-state index is 12.0. The first kappa shape index (κ1) is 13.9. The summed E-state index contributed by atoms with van der Waals surface area (Å²) >= 11 is 0. The summed E-state index contributed by atoms with van der Waals surface area (Å²) in [5, 5.41) is 2.55. The normalized spacial score (nSPS) is 22.1. The second kappa shape index (κ2) is 6.56. The highest BCUT2D eigenvalue weighted by Gasteiger charge is 2.31. The molecule has 2 atom stereocenters. The highest BCUT2D eigenvalue weighted by molar-refractivity contribution is 5.87. The minimum absolute atomic E-state index is 0.00144. The Labute approximate surface area is 101 Å². The molecule has 2 amide bonds. The number of hydrogen-bond donors (Lipinski definition) is 2. The fraction of sp³-hybridized carbons (Fsp3) is 0.818. The molecule has 0 saturated carbocycles. The highest BCUT2D eigenvalue weighted by Crippen LogP contribution is 2.10. The first-order chi connectivity index (χ1) is 8.06. The quantitative estimate of drug-likeness (QED) is 0.669. The Morgan fingerprint density at radius 2 is 2.29 bits per heavy atom. The minimum atomic E-state index is -0.505. The third-order valence-corrected chi connectivity index (χ3v) is 2.81. The summed E-state index contributed by atoms with van der Waals surface area (Å²) in [4.78, 5) is 25.2. The van der Waals surface area contributed by atoms with Crippen LogP contribution in [0.4, 0.5) is 0 Å². The lowest BCUT2D eigenvalue weighted by Crippen LogP contribution is -2.55. The van der Waals surface area contributed by atoms with Gasteiger partial charge in [0.15, 0.2) is 0 Å². The Kier molecular flexibility index (Phi) is 5.37. The molecule has 0 aromatic carbocycles. The highest BCUT2D eigenvalue weighted by atomic mass is 16.5. The Balaban J connectivity index is 2.58. The molecule has 1 heterocycles. The van der Waals surface area contributed by atoms with Crippen LogP contribution in [-0.4, -0.2) is 55.6 Å². The lowest BCUT2D eigenvalue weighted by Gasteiger charge is -2.34. The van der Waals surface area contributed by atoms with E-state index in [2.05, 4.69) is 5.32 Å². The van der Waals surface area contributed by atoms with Crippen molar-refractivity contribution >= 4 is 11.8 Å². The summed E-state index contributed by atoms with van der Waals surface area (Å²) < 4.78 is 5.23. The summed E-state index contributed by atoms with van der Waals surface area (Å²) in [7, 11) is 1.56. The Bertz CT molecular complexity index is 281. The van der Waals surface area contributed by atoms with Crippen LogP contribution in [0.5, 0.6) is 0 Å². The van der Waals surface area contributed by atoms with Crippen molar-refractivity contribution in [3.8, 4) is 0 Å². The molecule has 17 heavy (non-hydrogen) atoms.